The maximum atomic E-state index is 12.6. The molecule has 3 aromatic rings. The second kappa shape index (κ2) is 6.68. The van der Waals surface area contributed by atoms with Gasteiger partial charge in [-0.15, -0.1) is 15.3 Å². The highest BCUT2D eigenvalue weighted by Crippen LogP contribution is 2.23. The van der Waals surface area contributed by atoms with E-state index >= 15 is 0 Å². The zero-order valence-corrected chi connectivity index (χ0v) is 14.2. The number of benzene rings is 1. The van der Waals surface area contributed by atoms with E-state index in [4.69, 9.17) is 11.6 Å². The molecule has 1 amide bonds. The Kier molecular flexibility index (Phi) is 4.23. The number of amides is 1. The predicted molar refractivity (Wildman–Crippen MR) is 95.8 cm³/mol. The van der Waals surface area contributed by atoms with E-state index in [1.54, 1.807) is 23.0 Å². The Hall–Kier alpha value is -2.67. The molecule has 0 unspecified atom stereocenters. The Morgan fingerprint density at radius 3 is 3.08 bits per heavy atom. The Bertz CT molecular complexity index is 911. The van der Waals surface area contributed by atoms with Crippen molar-refractivity contribution in [2.75, 3.05) is 23.3 Å². The first kappa shape index (κ1) is 15.8. The van der Waals surface area contributed by atoms with Crippen molar-refractivity contribution in [3.8, 4) is 0 Å². The Morgan fingerprint density at radius 2 is 2.20 bits per heavy atom. The topological polar surface area (TPSA) is 75.4 Å². The van der Waals surface area contributed by atoms with Crippen LogP contribution in [0.2, 0.25) is 5.02 Å². The smallest absolute Gasteiger partial charge is 0.229 e. The first-order chi connectivity index (χ1) is 12.2. The number of piperidine rings is 1. The summed E-state index contributed by atoms with van der Waals surface area (Å²) in [5, 5.41) is 15.9. The number of carbonyl (C=O) groups is 1. The van der Waals surface area contributed by atoms with Crippen molar-refractivity contribution in [1.29, 1.82) is 0 Å². The normalized spacial score (nSPS) is 17.6. The summed E-state index contributed by atoms with van der Waals surface area (Å²) < 4.78 is 1.64. The molecule has 0 saturated carbocycles. The Labute approximate surface area is 149 Å². The fourth-order valence-electron chi connectivity index (χ4n) is 3.10. The molecule has 0 aliphatic carbocycles. The van der Waals surface area contributed by atoms with Crippen molar-refractivity contribution >= 4 is 34.7 Å². The molecule has 3 heterocycles. The number of halogens is 1. The van der Waals surface area contributed by atoms with Crippen LogP contribution in [0, 0.1) is 5.92 Å². The summed E-state index contributed by atoms with van der Waals surface area (Å²) >= 11 is 5.98. The van der Waals surface area contributed by atoms with Crippen LogP contribution in [0.1, 0.15) is 12.8 Å². The van der Waals surface area contributed by atoms with Crippen molar-refractivity contribution in [3.05, 3.63) is 47.7 Å². The molecule has 7 nitrogen and oxygen atoms in total. The van der Waals surface area contributed by atoms with Crippen LogP contribution in [-0.4, -0.2) is 38.8 Å². The van der Waals surface area contributed by atoms with Crippen LogP contribution in [0.5, 0.6) is 0 Å². The summed E-state index contributed by atoms with van der Waals surface area (Å²) in [5.41, 5.74) is 1.43. The molecule has 128 valence electrons. The Balaban J connectivity index is 1.47. The maximum absolute atomic E-state index is 12.6. The molecule has 1 N–H and O–H groups in total. The monoisotopic (exact) mass is 356 g/mol. The molecule has 0 spiro atoms. The van der Waals surface area contributed by atoms with Gasteiger partial charge in [-0.2, -0.15) is 4.52 Å². The van der Waals surface area contributed by atoms with Crippen molar-refractivity contribution in [1.82, 2.24) is 19.8 Å². The van der Waals surface area contributed by atoms with Crippen LogP contribution < -0.4 is 10.2 Å². The van der Waals surface area contributed by atoms with E-state index in [1.807, 2.05) is 24.3 Å². The van der Waals surface area contributed by atoms with Crippen molar-refractivity contribution < 1.29 is 4.79 Å². The van der Waals surface area contributed by atoms with E-state index in [2.05, 4.69) is 25.5 Å². The fourth-order valence-corrected chi connectivity index (χ4v) is 3.29. The van der Waals surface area contributed by atoms with Gasteiger partial charge in [-0.3, -0.25) is 4.79 Å². The van der Waals surface area contributed by atoms with E-state index < -0.39 is 0 Å². The SMILES string of the molecule is O=C(Nc1cccc(Cl)c1)[C@@H]1CCCN(c2ccc3nncn3n2)C1. The highest BCUT2D eigenvalue weighted by Gasteiger charge is 2.27. The highest BCUT2D eigenvalue weighted by molar-refractivity contribution is 6.30. The molecular weight excluding hydrogens is 340 g/mol. The molecule has 1 aliphatic rings. The third-order valence-corrected chi connectivity index (χ3v) is 4.59. The molecule has 0 radical (unpaired) electrons. The first-order valence-corrected chi connectivity index (χ1v) is 8.55. The summed E-state index contributed by atoms with van der Waals surface area (Å²) in [6.07, 6.45) is 3.37. The van der Waals surface area contributed by atoms with Gasteiger partial charge in [0.25, 0.3) is 0 Å². The number of hydrogen-bond acceptors (Lipinski definition) is 5. The standard InChI is InChI=1S/C17H17ClN6O/c18-13-4-1-5-14(9-13)20-17(25)12-3-2-8-23(10-12)16-7-6-15-21-19-11-24(15)22-16/h1,4-7,9,11-12H,2-3,8,10H2,(H,20,25)/t12-/m1/s1. The van der Waals surface area contributed by atoms with E-state index in [0.717, 1.165) is 30.9 Å². The zero-order chi connectivity index (χ0) is 17.2. The molecule has 25 heavy (non-hydrogen) atoms. The lowest BCUT2D eigenvalue weighted by Gasteiger charge is -2.32. The second-order valence-electron chi connectivity index (χ2n) is 6.11. The number of anilines is 2. The van der Waals surface area contributed by atoms with Crippen LogP contribution in [0.3, 0.4) is 0 Å². The summed E-state index contributed by atoms with van der Waals surface area (Å²) in [7, 11) is 0. The average Bonchev–Trinajstić information content (AvgIpc) is 3.09. The molecule has 8 heteroatoms. The minimum atomic E-state index is -0.0915. The van der Waals surface area contributed by atoms with Gasteiger partial charge in [0.1, 0.15) is 12.1 Å². The molecule has 1 fully saturated rings. The quantitative estimate of drug-likeness (QED) is 0.780. The van der Waals surface area contributed by atoms with Crippen molar-refractivity contribution in [2.45, 2.75) is 12.8 Å². The number of aromatic nitrogens is 4. The number of carbonyl (C=O) groups excluding carboxylic acids is 1. The number of nitrogens with one attached hydrogen (secondary N) is 1. The minimum Gasteiger partial charge on any atom is -0.354 e. The van der Waals surface area contributed by atoms with Gasteiger partial charge in [-0.1, -0.05) is 17.7 Å². The predicted octanol–water partition coefficient (Wildman–Crippen LogP) is 2.63. The molecule has 1 saturated heterocycles. The van der Waals surface area contributed by atoms with Gasteiger partial charge in [-0.25, -0.2) is 0 Å². The molecule has 0 bridgehead atoms. The number of rotatable bonds is 3. The van der Waals surface area contributed by atoms with Crippen LogP contribution >= 0.6 is 11.6 Å². The maximum Gasteiger partial charge on any atom is 0.229 e. The first-order valence-electron chi connectivity index (χ1n) is 8.17. The van der Waals surface area contributed by atoms with E-state index in [1.165, 1.54) is 0 Å². The van der Waals surface area contributed by atoms with Gasteiger partial charge in [0.05, 0.1) is 5.92 Å². The zero-order valence-electron chi connectivity index (χ0n) is 13.5. The average molecular weight is 357 g/mol. The molecule has 4 rings (SSSR count). The van der Waals surface area contributed by atoms with Crippen LogP contribution in [0.25, 0.3) is 5.65 Å². The van der Waals surface area contributed by atoms with E-state index in [9.17, 15) is 4.79 Å². The second-order valence-corrected chi connectivity index (χ2v) is 6.55. The number of hydrogen-bond donors (Lipinski definition) is 1. The third-order valence-electron chi connectivity index (χ3n) is 4.36. The Morgan fingerprint density at radius 1 is 1.28 bits per heavy atom. The van der Waals surface area contributed by atoms with Gasteiger partial charge < -0.3 is 10.2 Å². The van der Waals surface area contributed by atoms with Crippen LogP contribution in [-0.2, 0) is 4.79 Å². The largest absolute Gasteiger partial charge is 0.354 e. The lowest BCUT2D eigenvalue weighted by molar-refractivity contribution is -0.120. The molecule has 1 aromatic carbocycles. The van der Waals surface area contributed by atoms with E-state index in [-0.39, 0.29) is 11.8 Å². The summed E-state index contributed by atoms with van der Waals surface area (Å²) in [5.74, 6) is 0.746. The molecule has 1 aliphatic heterocycles. The lowest BCUT2D eigenvalue weighted by atomic mass is 9.97. The van der Waals surface area contributed by atoms with Crippen molar-refractivity contribution in [3.63, 3.8) is 0 Å². The summed E-state index contributed by atoms with van der Waals surface area (Å²) in [6.45, 7) is 1.51. The van der Waals surface area contributed by atoms with E-state index in [0.29, 0.717) is 17.2 Å². The third kappa shape index (κ3) is 3.41. The molecule has 1 atom stereocenters. The molecule has 2 aromatic heterocycles. The summed E-state index contributed by atoms with van der Waals surface area (Å²) in [4.78, 5) is 14.7. The van der Waals surface area contributed by atoms with Crippen molar-refractivity contribution in [2.24, 2.45) is 5.92 Å². The fraction of sp³-hybridized carbons (Fsp3) is 0.294. The number of fused-ring (bicyclic) bond motifs is 1. The van der Waals surface area contributed by atoms with Crippen LogP contribution in [0.15, 0.2) is 42.7 Å². The summed E-state index contributed by atoms with van der Waals surface area (Å²) in [6, 6.07) is 11.0. The van der Waals surface area contributed by atoms with Gasteiger partial charge in [0, 0.05) is 23.8 Å². The molecular formula is C17H17ClN6O. The van der Waals surface area contributed by atoms with Gasteiger partial charge >= 0.3 is 0 Å². The van der Waals surface area contributed by atoms with Gasteiger partial charge in [0.15, 0.2) is 5.65 Å². The van der Waals surface area contributed by atoms with Gasteiger partial charge in [0.2, 0.25) is 5.91 Å². The minimum absolute atomic E-state index is 0.0114. The lowest BCUT2D eigenvalue weighted by Crippen LogP contribution is -2.41. The van der Waals surface area contributed by atoms with Gasteiger partial charge in [-0.05, 0) is 43.2 Å². The number of nitrogens with zero attached hydrogens (tertiary/aromatic N) is 5. The highest BCUT2D eigenvalue weighted by atomic mass is 35.5. The van der Waals surface area contributed by atoms with Crippen LogP contribution in [0.4, 0.5) is 11.5 Å².